The maximum Gasteiger partial charge on any atom is 0.255 e. The van der Waals surface area contributed by atoms with E-state index in [0.717, 1.165) is 29.7 Å². The third kappa shape index (κ3) is 3.80. The average molecular weight is 396 g/mol. The molecule has 6 nitrogen and oxygen atoms in total. The van der Waals surface area contributed by atoms with Crippen molar-refractivity contribution in [2.75, 3.05) is 10.6 Å². The number of carbonyl (C=O) groups excluding carboxylic acids is 2. The second kappa shape index (κ2) is 7.48. The van der Waals surface area contributed by atoms with Crippen molar-refractivity contribution in [3.63, 3.8) is 0 Å². The quantitative estimate of drug-likeness (QED) is 0.518. The first-order valence-corrected chi connectivity index (χ1v) is 9.92. The summed E-state index contributed by atoms with van der Waals surface area (Å²) in [5.74, 6) is 0.00459. The number of aromatic nitrogens is 2. The highest BCUT2D eigenvalue weighted by Crippen LogP contribution is 2.30. The number of fused-ring (bicyclic) bond motifs is 1. The lowest BCUT2D eigenvalue weighted by molar-refractivity contribution is -0.117. The molecule has 2 N–H and O–H groups in total. The fourth-order valence-electron chi connectivity index (χ4n) is 3.30. The minimum Gasteiger partial charge on any atom is -0.326 e. The molecule has 4 aromatic rings. The Morgan fingerprint density at radius 2 is 1.57 bits per heavy atom. The number of benzene rings is 2. The molecule has 0 aliphatic heterocycles. The predicted octanol–water partition coefficient (Wildman–Crippen LogP) is 4.60. The van der Waals surface area contributed by atoms with Crippen molar-refractivity contribution < 1.29 is 9.59 Å². The van der Waals surface area contributed by atoms with Crippen LogP contribution < -0.4 is 10.6 Å². The standard InChI is InChI=1S/C24H20N4O2/c29-23(17-4-5-17)26-20-12-8-18(9-13-20)24(30)25-19-10-6-16(7-11-19)21-15-28-14-2-1-3-22(28)27-21/h1-3,6-15,17H,4-5H2,(H,25,30)(H,26,29). The van der Waals surface area contributed by atoms with Gasteiger partial charge in [0, 0.05) is 40.8 Å². The maximum atomic E-state index is 12.5. The van der Waals surface area contributed by atoms with Crippen molar-refractivity contribution in [3.8, 4) is 11.3 Å². The van der Waals surface area contributed by atoms with E-state index in [4.69, 9.17) is 0 Å². The van der Waals surface area contributed by atoms with Gasteiger partial charge in [-0.2, -0.15) is 0 Å². The lowest BCUT2D eigenvalue weighted by atomic mass is 10.1. The third-order valence-electron chi connectivity index (χ3n) is 5.17. The van der Waals surface area contributed by atoms with Crippen LogP contribution in [0.4, 0.5) is 11.4 Å². The van der Waals surface area contributed by atoms with Gasteiger partial charge in [-0.3, -0.25) is 9.59 Å². The van der Waals surface area contributed by atoms with Crippen molar-refractivity contribution >= 4 is 28.8 Å². The molecule has 5 rings (SSSR count). The zero-order valence-electron chi connectivity index (χ0n) is 16.2. The van der Waals surface area contributed by atoms with Crippen LogP contribution in [-0.4, -0.2) is 21.2 Å². The molecule has 1 aliphatic rings. The number of imidazole rings is 1. The van der Waals surface area contributed by atoms with E-state index in [9.17, 15) is 9.59 Å². The van der Waals surface area contributed by atoms with Crippen LogP contribution in [0, 0.1) is 5.92 Å². The van der Waals surface area contributed by atoms with Gasteiger partial charge < -0.3 is 15.0 Å². The number of hydrogen-bond donors (Lipinski definition) is 2. The fourth-order valence-corrected chi connectivity index (χ4v) is 3.30. The summed E-state index contributed by atoms with van der Waals surface area (Å²) < 4.78 is 1.97. The molecule has 2 aromatic heterocycles. The van der Waals surface area contributed by atoms with Gasteiger partial charge in [-0.05, 0) is 61.4 Å². The Bertz CT molecular complexity index is 1190. The number of rotatable bonds is 5. The van der Waals surface area contributed by atoms with Crippen molar-refractivity contribution in [2.24, 2.45) is 5.92 Å². The van der Waals surface area contributed by atoms with E-state index in [2.05, 4.69) is 15.6 Å². The maximum absolute atomic E-state index is 12.5. The highest BCUT2D eigenvalue weighted by molar-refractivity contribution is 6.04. The van der Waals surface area contributed by atoms with Crippen LogP contribution in [0.1, 0.15) is 23.2 Å². The summed E-state index contributed by atoms with van der Waals surface area (Å²) >= 11 is 0. The Hall–Kier alpha value is -3.93. The highest BCUT2D eigenvalue weighted by atomic mass is 16.2. The Kier molecular flexibility index (Phi) is 4.52. The molecule has 2 amide bonds. The molecule has 1 aliphatic carbocycles. The average Bonchev–Trinajstić information content (AvgIpc) is 3.53. The lowest BCUT2D eigenvalue weighted by Gasteiger charge is -2.08. The molecule has 1 fully saturated rings. The second-order valence-electron chi connectivity index (χ2n) is 7.46. The lowest BCUT2D eigenvalue weighted by Crippen LogP contribution is -2.14. The van der Waals surface area contributed by atoms with Crippen LogP contribution in [0.5, 0.6) is 0 Å². The zero-order chi connectivity index (χ0) is 20.5. The number of carbonyl (C=O) groups is 2. The van der Waals surface area contributed by atoms with Crippen molar-refractivity contribution in [3.05, 3.63) is 84.7 Å². The summed E-state index contributed by atoms with van der Waals surface area (Å²) in [6.45, 7) is 0. The van der Waals surface area contributed by atoms with Gasteiger partial charge in [0.05, 0.1) is 5.69 Å². The fraction of sp³-hybridized carbons (Fsp3) is 0.125. The number of pyridine rings is 1. The van der Waals surface area contributed by atoms with Gasteiger partial charge in [0.1, 0.15) is 5.65 Å². The van der Waals surface area contributed by atoms with Gasteiger partial charge in [0.25, 0.3) is 5.91 Å². The Morgan fingerprint density at radius 3 is 2.27 bits per heavy atom. The Morgan fingerprint density at radius 1 is 0.867 bits per heavy atom. The van der Waals surface area contributed by atoms with E-state index in [0.29, 0.717) is 16.9 Å². The molecule has 6 heteroatoms. The van der Waals surface area contributed by atoms with Gasteiger partial charge in [0.15, 0.2) is 0 Å². The number of amides is 2. The first kappa shape index (κ1) is 18.1. The predicted molar refractivity (Wildman–Crippen MR) is 116 cm³/mol. The third-order valence-corrected chi connectivity index (χ3v) is 5.17. The SMILES string of the molecule is O=C(Nc1ccc(-c2cn3ccccc3n2)cc1)c1ccc(NC(=O)C2CC2)cc1. The van der Waals surface area contributed by atoms with E-state index < -0.39 is 0 Å². The molecule has 148 valence electrons. The molecule has 2 heterocycles. The minimum atomic E-state index is -0.199. The molecule has 0 spiro atoms. The van der Waals surface area contributed by atoms with Crippen molar-refractivity contribution in [2.45, 2.75) is 12.8 Å². The Balaban J connectivity index is 1.25. The number of nitrogens with one attached hydrogen (secondary N) is 2. The molecule has 1 saturated carbocycles. The van der Waals surface area contributed by atoms with E-state index in [1.165, 1.54) is 0 Å². The van der Waals surface area contributed by atoms with Crippen LogP contribution >= 0.6 is 0 Å². The van der Waals surface area contributed by atoms with Gasteiger partial charge in [-0.1, -0.05) is 18.2 Å². The molecule has 0 bridgehead atoms. The van der Waals surface area contributed by atoms with Crippen LogP contribution in [0.25, 0.3) is 16.9 Å². The summed E-state index contributed by atoms with van der Waals surface area (Å²) in [4.78, 5) is 29.0. The van der Waals surface area contributed by atoms with Crippen LogP contribution in [0.3, 0.4) is 0 Å². The summed E-state index contributed by atoms with van der Waals surface area (Å²) in [5, 5.41) is 5.77. The number of nitrogens with zero attached hydrogens (tertiary/aromatic N) is 2. The van der Waals surface area contributed by atoms with Gasteiger partial charge in [-0.15, -0.1) is 0 Å². The van der Waals surface area contributed by atoms with Crippen LogP contribution in [0.15, 0.2) is 79.1 Å². The second-order valence-corrected chi connectivity index (χ2v) is 7.46. The molecule has 30 heavy (non-hydrogen) atoms. The zero-order valence-corrected chi connectivity index (χ0v) is 16.2. The number of anilines is 2. The van der Waals surface area contributed by atoms with E-state index >= 15 is 0 Å². The molecule has 0 saturated heterocycles. The molecular weight excluding hydrogens is 376 g/mol. The van der Waals surface area contributed by atoms with Gasteiger partial charge in [-0.25, -0.2) is 4.98 Å². The van der Waals surface area contributed by atoms with E-state index in [1.807, 2.05) is 59.3 Å². The smallest absolute Gasteiger partial charge is 0.255 e. The van der Waals surface area contributed by atoms with Crippen molar-refractivity contribution in [1.29, 1.82) is 0 Å². The largest absolute Gasteiger partial charge is 0.326 e. The molecule has 0 atom stereocenters. The van der Waals surface area contributed by atoms with E-state index in [-0.39, 0.29) is 17.7 Å². The molecular formula is C24H20N4O2. The first-order chi connectivity index (χ1) is 14.7. The molecule has 0 unspecified atom stereocenters. The Labute approximate surface area is 173 Å². The molecule has 2 aromatic carbocycles. The monoisotopic (exact) mass is 396 g/mol. The topological polar surface area (TPSA) is 75.5 Å². The van der Waals surface area contributed by atoms with Crippen molar-refractivity contribution in [1.82, 2.24) is 9.38 Å². The number of hydrogen-bond acceptors (Lipinski definition) is 3. The minimum absolute atomic E-state index is 0.0536. The first-order valence-electron chi connectivity index (χ1n) is 9.92. The summed E-state index contributed by atoms with van der Waals surface area (Å²) in [7, 11) is 0. The van der Waals surface area contributed by atoms with Crippen LogP contribution in [0.2, 0.25) is 0 Å². The summed E-state index contributed by atoms with van der Waals surface area (Å²) in [6, 6.07) is 20.4. The van der Waals surface area contributed by atoms with Gasteiger partial charge in [0.2, 0.25) is 5.91 Å². The molecule has 0 radical (unpaired) electrons. The van der Waals surface area contributed by atoms with Crippen LogP contribution in [-0.2, 0) is 4.79 Å². The van der Waals surface area contributed by atoms with Gasteiger partial charge >= 0.3 is 0 Å². The summed E-state index contributed by atoms with van der Waals surface area (Å²) in [6.07, 6.45) is 5.86. The normalized spacial score (nSPS) is 13.2. The summed E-state index contributed by atoms with van der Waals surface area (Å²) in [5.41, 5.74) is 4.69. The highest BCUT2D eigenvalue weighted by Gasteiger charge is 2.29. The van der Waals surface area contributed by atoms with E-state index in [1.54, 1.807) is 24.3 Å².